The third-order valence-electron chi connectivity index (χ3n) is 12.2. The van der Waals surface area contributed by atoms with Crippen LogP contribution in [0.4, 0.5) is 23.1 Å². The second-order valence-corrected chi connectivity index (χ2v) is 15.7. The van der Waals surface area contributed by atoms with Crippen molar-refractivity contribution in [3.8, 4) is 0 Å². The first-order valence-corrected chi connectivity index (χ1v) is 19.8. The monoisotopic (exact) mass is 786 g/mol. The average molecular weight is 787 g/mol. The molecule has 1 atom stereocenters. The number of benzene rings is 1. The van der Waals surface area contributed by atoms with Gasteiger partial charge in [-0.05, 0) is 69.0 Å². The van der Waals surface area contributed by atoms with Gasteiger partial charge in [-0.15, -0.1) is 0 Å². The van der Waals surface area contributed by atoms with Crippen LogP contribution in [0.3, 0.4) is 0 Å². The first-order chi connectivity index (χ1) is 28.0. The quantitative estimate of drug-likeness (QED) is 0.195. The highest BCUT2D eigenvalue weighted by molar-refractivity contribution is 6.23. The largest absolute Gasteiger partial charge is 0.370 e. The van der Waals surface area contributed by atoms with Gasteiger partial charge in [0.1, 0.15) is 17.5 Å². The van der Waals surface area contributed by atoms with Crippen molar-refractivity contribution >= 4 is 69.5 Å². The number of anilines is 4. The zero-order chi connectivity index (χ0) is 40.4. The van der Waals surface area contributed by atoms with E-state index in [4.69, 9.17) is 4.98 Å². The highest BCUT2D eigenvalue weighted by atomic mass is 16.2. The lowest BCUT2D eigenvalue weighted by Crippen LogP contribution is -2.58. The van der Waals surface area contributed by atoms with E-state index < -0.39 is 29.7 Å². The second-order valence-electron chi connectivity index (χ2n) is 15.7. The van der Waals surface area contributed by atoms with E-state index in [1.165, 1.54) is 6.92 Å². The van der Waals surface area contributed by atoms with Gasteiger partial charge in [0.15, 0.2) is 5.78 Å². The molecule has 2 N–H and O–H groups in total. The highest BCUT2D eigenvalue weighted by Crippen LogP contribution is 2.35. The van der Waals surface area contributed by atoms with Gasteiger partial charge in [0.25, 0.3) is 17.4 Å². The number of piperazine rings is 1. The smallest absolute Gasteiger partial charge is 0.263 e. The van der Waals surface area contributed by atoms with Crippen molar-refractivity contribution in [3.63, 3.8) is 0 Å². The second kappa shape index (κ2) is 14.5. The van der Waals surface area contributed by atoms with Crippen molar-refractivity contribution < 1.29 is 28.8 Å². The van der Waals surface area contributed by atoms with E-state index in [1.807, 2.05) is 21.9 Å². The Balaban J connectivity index is 0.798. The number of nitrogens with one attached hydrogen (secondary N) is 2. The number of carbonyl (C=O) groups excluding carboxylic acids is 6. The van der Waals surface area contributed by atoms with Gasteiger partial charge >= 0.3 is 0 Å². The van der Waals surface area contributed by atoms with Crippen LogP contribution >= 0.6 is 0 Å². The lowest BCUT2D eigenvalue weighted by Gasteiger charge is -2.44. The number of rotatable bonds is 8. The molecule has 4 aliphatic heterocycles. The third kappa shape index (κ3) is 6.34. The summed E-state index contributed by atoms with van der Waals surface area (Å²) in [6, 6.07) is 7.73. The molecule has 3 aromatic heterocycles. The summed E-state index contributed by atoms with van der Waals surface area (Å²) in [5.74, 6) is -1.75. The van der Waals surface area contributed by atoms with Gasteiger partial charge in [-0.1, -0.05) is 12.8 Å². The van der Waals surface area contributed by atoms with Crippen LogP contribution in [0, 0.1) is 12.8 Å². The SMILES string of the molecule is CC(=O)c1c(C)c2cnc(Nc3ccc(N4CCN(C(=O)C5CN(c6ccc7c(c6)C(=O)N(C6CCC(=O)NC6=O)C7=O)C5)CC4)cn3)nc2n(C2CCCC2)c1=O. The fraction of sp³-hybridized carbons (Fsp3) is 0.415. The summed E-state index contributed by atoms with van der Waals surface area (Å²) in [4.78, 5) is 111. The maximum absolute atomic E-state index is 13.6. The van der Waals surface area contributed by atoms with Gasteiger partial charge in [-0.3, -0.25) is 48.3 Å². The van der Waals surface area contributed by atoms with Crippen molar-refractivity contribution in [3.05, 3.63) is 75.3 Å². The molecule has 1 aliphatic carbocycles. The van der Waals surface area contributed by atoms with E-state index in [9.17, 15) is 33.6 Å². The number of pyridine rings is 2. The molecule has 17 nitrogen and oxygen atoms in total. The topological polar surface area (TPSA) is 200 Å². The van der Waals surface area contributed by atoms with E-state index >= 15 is 0 Å². The first-order valence-electron chi connectivity index (χ1n) is 19.8. The molecule has 1 aromatic carbocycles. The Hall–Kier alpha value is -6.52. The Morgan fingerprint density at radius 2 is 1.55 bits per heavy atom. The predicted molar refractivity (Wildman–Crippen MR) is 211 cm³/mol. The molecule has 3 saturated heterocycles. The van der Waals surface area contributed by atoms with E-state index in [0.29, 0.717) is 67.6 Å². The molecular weight excluding hydrogens is 745 g/mol. The molecule has 4 fully saturated rings. The number of ketones is 1. The Morgan fingerprint density at radius 3 is 2.24 bits per heavy atom. The van der Waals surface area contributed by atoms with Gasteiger partial charge < -0.3 is 20.0 Å². The number of piperidine rings is 1. The molecule has 1 unspecified atom stereocenters. The molecule has 298 valence electrons. The Morgan fingerprint density at radius 1 is 0.828 bits per heavy atom. The summed E-state index contributed by atoms with van der Waals surface area (Å²) in [7, 11) is 0. The minimum absolute atomic E-state index is 0.0199. The highest BCUT2D eigenvalue weighted by Gasteiger charge is 2.45. The van der Waals surface area contributed by atoms with Gasteiger partial charge in [-0.2, -0.15) is 4.98 Å². The van der Waals surface area contributed by atoms with Crippen molar-refractivity contribution in [2.24, 2.45) is 5.92 Å². The maximum atomic E-state index is 13.6. The van der Waals surface area contributed by atoms with Crippen molar-refractivity contribution in [1.29, 1.82) is 0 Å². The molecule has 7 heterocycles. The minimum Gasteiger partial charge on any atom is -0.370 e. The molecule has 5 amide bonds. The number of nitrogens with zero attached hydrogens (tertiary/aromatic N) is 8. The molecule has 58 heavy (non-hydrogen) atoms. The zero-order valence-corrected chi connectivity index (χ0v) is 32.2. The summed E-state index contributed by atoms with van der Waals surface area (Å²) in [5, 5.41) is 6.05. The zero-order valence-electron chi connectivity index (χ0n) is 32.2. The third-order valence-corrected chi connectivity index (χ3v) is 12.2. The normalized spacial score (nSPS) is 20.1. The Labute approximate surface area is 332 Å². The number of hydrogen-bond donors (Lipinski definition) is 2. The van der Waals surface area contributed by atoms with Crippen LogP contribution in [-0.2, 0) is 14.4 Å². The number of aromatic nitrogens is 4. The van der Waals surface area contributed by atoms with Crippen molar-refractivity contribution in [2.45, 2.75) is 64.5 Å². The summed E-state index contributed by atoms with van der Waals surface area (Å²) in [5.41, 5.74) is 3.05. The molecule has 9 rings (SSSR count). The van der Waals surface area contributed by atoms with Crippen LogP contribution in [0.5, 0.6) is 0 Å². The number of amides is 5. The average Bonchev–Trinajstić information content (AvgIpc) is 3.80. The fourth-order valence-electron chi connectivity index (χ4n) is 9.01. The van der Waals surface area contributed by atoms with E-state index in [0.717, 1.165) is 42.0 Å². The number of carbonyl (C=O) groups is 6. The number of aryl methyl sites for hydroxylation is 1. The molecule has 4 aromatic rings. The number of Topliss-reactive ketones (excluding diaryl/α,β-unsaturated/α-hetero) is 1. The van der Waals surface area contributed by atoms with Crippen LogP contribution in [0.1, 0.15) is 88.1 Å². The number of imide groups is 2. The van der Waals surface area contributed by atoms with Crippen LogP contribution in [0.25, 0.3) is 11.0 Å². The van der Waals surface area contributed by atoms with Gasteiger partial charge in [0.05, 0.1) is 34.5 Å². The van der Waals surface area contributed by atoms with Gasteiger partial charge in [0, 0.05) is 69.0 Å². The summed E-state index contributed by atoms with van der Waals surface area (Å²) in [6.07, 6.45) is 7.32. The van der Waals surface area contributed by atoms with Crippen molar-refractivity contribution in [1.82, 2.24) is 34.6 Å². The molecule has 0 radical (unpaired) electrons. The summed E-state index contributed by atoms with van der Waals surface area (Å²) >= 11 is 0. The van der Waals surface area contributed by atoms with E-state index in [-0.39, 0.29) is 58.7 Å². The van der Waals surface area contributed by atoms with E-state index in [2.05, 4.69) is 25.5 Å². The molecule has 1 saturated carbocycles. The number of fused-ring (bicyclic) bond motifs is 2. The predicted octanol–water partition coefficient (Wildman–Crippen LogP) is 2.74. The maximum Gasteiger partial charge on any atom is 0.263 e. The Bertz CT molecular complexity index is 2480. The first kappa shape index (κ1) is 37.1. The number of hydrogen-bond acceptors (Lipinski definition) is 13. The molecule has 5 aliphatic rings. The molecule has 0 spiro atoms. The van der Waals surface area contributed by atoms with E-state index in [1.54, 1.807) is 42.1 Å². The fourth-order valence-corrected chi connectivity index (χ4v) is 9.01. The summed E-state index contributed by atoms with van der Waals surface area (Å²) < 4.78 is 1.68. The Kier molecular flexibility index (Phi) is 9.24. The minimum atomic E-state index is -1.02. The van der Waals surface area contributed by atoms with Crippen LogP contribution in [0.15, 0.2) is 47.5 Å². The van der Waals surface area contributed by atoms with Crippen LogP contribution in [0.2, 0.25) is 0 Å². The lowest BCUT2D eigenvalue weighted by molar-refractivity contribution is -0.137. The molecule has 17 heteroatoms. The molecular formula is C41H42N10O7. The van der Waals surface area contributed by atoms with Gasteiger partial charge in [0.2, 0.25) is 23.7 Å². The van der Waals surface area contributed by atoms with Gasteiger partial charge in [-0.25, -0.2) is 9.97 Å². The van der Waals surface area contributed by atoms with Crippen LogP contribution < -0.4 is 26.0 Å². The summed E-state index contributed by atoms with van der Waals surface area (Å²) in [6.45, 7) is 6.52. The van der Waals surface area contributed by atoms with Crippen molar-refractivity contribution in [2.75, 3.05) is 54.4 Å². The standard InChI is InChI=1S/C41H42N10O7/c1-22-30-19-43-41(46-35(30)50(25-5-3-4-6-25)40(58)34(22)23(2)52)44-32-11-8-27(18-42-32)47-13-15-48(16-14-47)37(55)24-20-49(21-24)26-7-9-28-29(17-26)39(57)51(38(28)56)31-10-12-33(53)45-36(31)54/h7-9,11,17-19,24-25,31H,3-6,10,12-16,20-21H2,1-2H3,(H,45,53,54)(H,42,43,44,46). The lowest BCUT2D eigenvalue weighted by atomic mass is 9.96. The van der Waals surface area contributed by atoms with Crippen LogP contribution in [-0.4, -0.2) is 110 Å². The molecule has 0 bridgehead atoms.